The Bertz CT molecular complexity index is 639. The van der Waals surface area contributed by atoms with Crippen molar-refractivity contribution in [1.29, 1.82) is 0 Å². The van der Waals surface area contributed by atoms with E-state index in [9.17, 15) is 4.79 Å². The fourth-order valence-corrected chi connectivity index (χ4v) is 2.72. The molecule has 0 saturated carbocycles. The second-order valence-electron chi connectivity index (χ2n) is 4.34. The van der Waals surface area contributed by atoms with Crippen molar-refractivity contribution in [3.8, 4) is 0 Å². The van der Waals surface area contributed by atoms with Gasteiger partial charge in [0.2, 0.25) is 0 Å². The zero-order chi connectivity index (χ0) is 14.7. The maximum atomic E-state index is 12.5. The van der Waals surface area contributed by atoms with E-state index in [4.69, 9.17) is 10.8 Å². The molecule has 3 N–H and O–H groups in total. The largest absolute Gasteiger partial charge is 0.398 e. The first kappa shape index (κ1) is 15.2. The molecule has 0 saturated heterocycles. The first-order chi connectivity index (χ1) is 9.52. The minimum Gasteiger partial charge on any atom is -0.398 e. The average Bonchev–Trinajstić information content (AvgIpc) is 2.43. The van der Waals surface area contributed by atoms with E-state index in [2.05, 4.69) is 31.9 Å². The van der Waals surface area contributed by atoms with E-state index in [0.717, 1.165) is 14.5 Å². The molecular weight excluding hydrogens is 386 g/mol. The highest BCUT2D eigenvalue weighted by Gasteiger charge is 2.15. The lowest BCUT2D eigenvalue weighted by Crippen LogP contribution is -2.09. The van der Waals surface area contributed by atoms with Gasteiger partial charge in [0, 0.05) is 32.4 Å². The molecule has 3 nitrogen and oxygen atoms in total. The Kier molecular flexibility index (Phi) is 4.96. The maximum absolute atomic E-state index is 12.5. The zero-order valence-corrected chi connectivity index (χ0v) is 13.7. The third-order valence-corrected chi connectivity index (χ3v) is 3.95. The number of carbonyl (C=O) groups is 1. The van der Waals surface area contributed by atoms with Crippen molar-refractivity contribution in [3.63, 3.8) is 0 Å². The lowest BCUT2D eigenvalue weighted by Gasteiger charge is -2.11. The van der Waals surface area contributed by atoms with Crippen LogP contribution in [0.25, 0.3) is 0 Å². The number of aliphatic hydroxyl groups is 1. The monoisotopic (exact) mass is 397 g/mol. The van der Waals surface area contributed by atoms with Crippen LogP contribution in [0.3, 0.4) is 0 Å². The summed E-state index contributed by atoms with van der Waals surface area (Å²) >= 11 is 6.71. The van der Waals surface area contributed by atoms with Crippen LogP contribution >= 0.6 is 31.9 Å². The molecule has 2 aromatic rings. The van der Waals surface area contributed by atoms with Crippen molar-refractivity contribution < 1.29 is 9.90 Å². The molecule has 0 aliphatic rings. The number of benzene rings is 2. The summed E-state index contributed by atoms with van der Waals surface area (Å²) in [5.41, 5.74) is 8.26. The van der Waals surface area contributed by atoms with E-state index in [1.807, 2.05) is 18.2 Å². The van der Waals surface area contributed by atoms with Crippen molar-refractivity contribution in [1.82, 2.24) is 0 Å². The Morgan fingerprint density at radius 2 is 1.75 bits per heavy atom. The number of ketones is 1. The van der Waals surface area contributed by atoms with Gasteiger partial charge in [-0.15, -0.1) is 0 Å². The summed E-state index contributed by atoms with van der Waals surface area (Å²) in [5, 5.41) is 9.05. The first-order valence-corrected chi connectivity index (χ1v) is 7.60. The lowest BCUT2D eigenvalue weighted by molar-refractivity contribution is 0.103. The first-order valence-electron chi connectivity index (χ1n) is 6.02. The second kappa shape index (κ2) is 6.52. The Balaban J connectivity index is 2.46. The molecule has 0 heterocycles. The van der Waals surface area contributed by atoms with Gasteiger partial charge in [-0.25, -0.2) is 0 Å². The van der Waals surface area contributed by atoms with Crippen LogP contribution in [0.15, 0.2) is 45.3 Å². The van der Waals surface area contributed by atoms with Gasteiger partial charge in [0.25, 0.3) is 0 Å². The van der Waals surface area contributed by atoms with E-state index in [1.165, 1.54) is 0 Å². The van der Waals surface area contributed by atoms with Gasteiger partial charge in [0.15, 0.2) is 5.78 Å². The van der Waals surface area contributed by atoms with Crippen LogP contribution in [-0.2, 0) is 6.42 Å². The predicted molar refractivity (Wildman–Crippen MR) is 86.9 cm³/mol. The lowest BCUT2D eigenvalue weighted by atomic mass is 9.98. The minimum atomic E-state index is -0.129. The third-order valence-electron chi connectivity index (χ3n) is 2.96. The Morgan fingerprint density at radius 1 is 1.10 bits per heavy atom. The van der Waals surface area contributed by atoms with Crippen LogP contribution in [0.2, 0.25) is 0 Å². The van der Waals surface area contributed by atoms with E-state index in [-0.39, 0.29) is 12.4 Å². The molecule has 0 atom stereocenters. The van der Waals surface area contributed by atoms with Gasteiger partial charge in [-0.1, -0.05) is 31.9 Å². The van der Waals surface area contributed by atoms with Gasteiger partial charge >= 0.3 is 0 Å². The fourth-order valence-electron chi connectivity index (χ4n) is 1.95. The highest BCUT2D eigenvalue weighted by molar-refractivity contribution is 9.10. The molecule has 104 valence electrons. The molecule has 0 unspecified atom stereocenters. The molecule has 0 fully saturated rings. The molecule has 2 aromatic carbocycles. The highest BCUT2D eigenvalue weighted by Crippen LogP contribution is 2.26. The van der Waals surface area contributed by atoms with Crippen molar-refractivity contribution in [2.45, 2.75) is 6.42 Å². The molecule has 0 bridgehead atoms. The molecule has 20 heavy (non-hydrogen) atoms. The number of anilines is 1. The van der Waals surface area contributed by atoms with Crippen LogP contribution in [0.4, 0.5) is 5.69 Å². The molecular formula is C15H13Br2NO2. The van der Waals surface area contributed by atoms with Crippen LogP contribution < -0.4 is 5.73 Å². The van der Waals surface area contributed by atoms with E-state index in [0.29, 0.717) is 23.2 Å². The van der Waals surface area contributed by atoms with E-state index >= 15 is 0 Å². The SMILES string of the molecule is Nc1c(CCO)cc(Br)cc1C(=O)c1ccc(Br)cc1. The van der Waals surface area contributed by atoms with Crippen LogP contribution in [0, 0.1) is 0 Å². The number of halogens is 2. The van der Waals surface area contributed by atoms with Crippen molar-refractivity contribution in [3.05, 3.63) is 62.0 Å². The predicted octanol–water partition coefficient (Wildman–Crippen LogP) is 3.56. The van der Waals surface area contributed by atoms with Crippen molar-refractivity contribution in [2.75, 3.05) is 12.3 Å². The third kappa shape index (κ3) is 3.29. The highest BCUT2D eigenvalue weighted by atomic mass is 79.9. The molecule has 0 aliphatic heterocycles. The number of hydrogen-bond acceptors (Lipinski definition) is 3. The number of carbonyl (C=O) groups excluding carboxylic acids is 1. The summed E-state index contributed by atoms with van der Waals surface area (Å²) in [6, 6.07) is 10.7. The van der Waals surface area contributed by atoms with E-state index in [1.54, 1.807) is 18.2 Å². The number of nitrogen functional groups attached to an aromatic ring is 1. The van der Waals surface area contributed by atoms with Gasteiger partial charge in [-0.3, -0.25) is 4.79 Å². The van der Waals surface area contributed by atoms with Crippen LogP contribution in [0.1, 0.15) is 21.5 Å². The number of aliphatic hydroxyl groups excluding tert-OH is 1. The number of nitrogens with two attached hydrogens (primary N) is 1. The summed E-state index contributed by atoms with van der Waals surface area (Å²) in [7, 11) is 0. The van der Waals surface area contributed by atoms with Gasteiger partial charge in [0.1, 0.15) is 0 Å². The molecule has 0 spiro atoms. The Labute approximate surface area is 134 Å². The molecule has 0 aromatic heterocycles. The number of hydrogen-bond donors (Lipinski definition) is 2. The summed E-state index contributed by atoms with van der Waals surface area (Å²) in [5.74, 6) is -0.129. The quantitative estimate of drug-likeness (QED) is 0.611. The van der Waals surface area contributed by atoms with Gasteiger partial charge in [-0.2, -0.15) is 0 Å². The van der Waals surface area contributed by atoms with Gasteiger partial charge < -0.3 is 10.8 Å². The summed E-state index contributed by atoms with van der Waals surface area (Å²) in [6.45, 7) is -0.00737. The van der Waals surface area contributed by atoms with Crippen molar-refractivity contribution in [2.24, 2.45) is 0 Å². The van der Waals surface area contributed by atoms with Crippen LogP contribution in [0.5, 0.6) is 0 Å². The zero-order valence-electron chi connectivity index (χ0n) is 10.6. The molecule has 0 aliphatic carbocycles. The maximum Gasteiger partial charge on any atom is 0.195 e. The summed E-state index contributed by atoms with van der Waals surface area (Å²) in [6.07, 6.45) is 0.423. The van der Waals surface area contributed by atoms with Crippen molar-refractivity contribution >= 4 is 43.3 Å². The summed E-state index contributed by atoms with van der Waals surface area (Å²) < 4.78 is 1.69. The summed E-state index contributed by atoms with van der Waals surface area (Å²) in [4.78, 5) is 12.5. The van der Waals surface area contributed by atoms with Gasteiger partial charge in [-0.05, 0) is 48.4 Å². The normalized spacial score (nSPS) is 10.6. The second-order valence-corrected chi connectivity index (χ2v) is 6.17. The topological polar surface area (TPSA) is 63.3 Å². The standard InChI is InChI=1S/C15H13Br2NO2/c16-11-3-1-9(2-4-11)15(20)13-8-12(17)7-10(5-6-19)14(13)18/h1-4,7-8,19H,5-6,18H2. The molecule has 5 heteroatoms. The van der Waals surface area contributed by atoms with Crippen LogP contribution in [-0.4, -0.2) is 17.5 Å². The molecule has 0 amide bonds. The number of rotatable bonds is 4. The smallest absolute Gasteiger partial charge is 0.195 e. The average molecular weight is 399 g/mol. The van der Waals surface area contributed by atoms with E-state index < -0.39 is 0 Å². The Hall–Kier alpha value is -1.17. The van der Waals surface area contributed by atoms with Gasteiger partial charge in [0.05, 0.1) is 0 Å². The Morgan fingerprint density at radius 3 is 2.35 bits per heavy atom. The molecule has 0 radical (unpaired) electrons. The minimum absolute atomic E-state index is 0.00737. The fraction of sp³-hybridized carbons (Fsp3) is 0.133. The molecule has 2 rings (SSSR count).